The number of halogens is 2. The molecule has 1 aromatic heterocycles. The van der Waals surface area contributed by atoms with Crippen molar-refractivity contribution in [2.45, 2.75) is 32.5 Å². The van der Waals surface area contributed by atoms with Gasteiger partial charge in [0.25, 0.3) is 0 Å². The van der Waals surface area contributed by atoms with Gasteiger partial charge < -0.3 is 14.2 Å². The molecule has 0 aliphatic carbocycles. The van der Waals surface area contributed by atoms with Crippen molar-refractivity contribution in [2.24, 2.45) is 0 Å². The number of aromatic nitrogens is 2. The van der Waals surface area contributed by atoms with Crippen LogP contribution >= 0.6 is 23.2 Å². The van der Waals surface area contributed by atoms with Gasteiger partial charge in [0.15, 0.2) is 0 Å². The average Bonchev–Trinajstić information content (AvgIpc) is 2.83. The maximum absolute atomic E-state index is 10.6. The van der Waals surface area contributed by atoms with E-state index < -0.39 is 6.10 Å². The number of benzene rings is 2. The molecule has 24 heavy (non-hydrogen) atoms. The summed E-state index contributed by atoms with van der Waals surface area (Å²) in [7, 11) is 0. The minimum absolute atomic E-state index is 0.286. The summed E-state index contributed by atoms with van der Waals surface area (Å²) in [6.07, 6.45) is 0.176. The van der Waals surface area contributed by atoms with Crippen LogP contribution in [0.2, 0.25) is 10.0 Å². The van der Waals surface area contributed by atoms with Gasteiger partial charge in [0, 0.05) is 6.54 Å². The smallest absolute Gasteiger partial charge is 0.203 e. The monoisotopic (exact) mass is 363 g/mol. The van der Waals surface area contributed by atoms with E-state index in [2.05, 4.69) is 6.92 Å². The molecule has 1 atom stereocenters. The summed E-state index contributed by atoms with van der Waals surface area (Å²) in [5.41, 5.74) is 3.02. The van der Waals surface area contributed by atoms with E-state index in [1.165, 1.54) is 0 Å². The summed E-state index contributed by atoms with van der Waals surface area (Å²) in [4.78, 5) is 0. The lowest BCUT2D eigenvalue weighted by molar-refractivity contribution is 0.155. The number of nitrogens with one attached hydrogen (secondary N) is 1. The first-order chi connectivity index (χ1) is 11.5. The molecule has 3 aromatic rings. The van der Waals surface area contributed by atoms with E-state index in [0.717, 1.165) is 24.0 Å². The molecule has 0 bridgehead atoms. The maximum Gasteiger partial charge on any atom is 0.203 e. The van der Waals surface area contributed by atoms with Crippen LogP contribution in [0.1, 0.15) is 25.0 Å². The number of para-hydroxylation sites is 2. The third-order valence-corrected chi connectivity index (χ3v) is 4.84. The van der Waals surface area contributed by atoms with Gasteiger partial charge in [-0.1, -0.05) is 48.3 Å². The summed E-state index contributed by atoms with van der Waals surface area (Å²) in [6.45, 7) is 3.15. The van der Waals surface area contributed by atoms with E-state index in [1.54, 1.807) is 18.2 Å². The van der Waals surface area contributed by atoms with Gasteiger partial charge in [0.2, 0.25) is 5.62 Å². The van der Waals surface area contributed by atoms with Crippen LogP contribution in [-0.2, 0) is 13.1 Å². The predicted molar refractivity (Wildman–Crippen MR) is 97.5 cm³/mol. The van der Waals surface area contributed by atoms with Gasteiger partial charge in [0.05, 0.1) is 33.7 Å². The van der Waals surface area contributed by atoms with Crippen LogP contribution in [-0.4, -0.2) is 14.2 Å². The molecular formula is C18H19Cl2N3O. The number of rotatable bonds is 5. The lowest BCUT2D eigenvalue weighted by Crippen LogP contribution is -2.26. The highest BCUT2D eigenvalue weighted by atomic mass is 35.5. The van der Waals surface area contributed by atoms with Gasteiger partial charge in [-0.3, -0.25) is 5.41 Å². The molecule has 0 amide bonds. The van der Waals surface area contributed by atoms with Gasteiger partial charge in [-0.2, -0.15) is 0 Å². The Morgan fingerprint density at radius 3 is 2.33 bits per heavy atom. The quantitative estimate of drug-likeness (QED) is 0.694. The summed E-state index contributed by atoms with van der Waals surface area (Å²) in [5, 5.41) is 19.9. The minimum atomic E-state index is -0.769. The minimum Gasteiger partial charge on any atom is -0.387 e. The third-order valence-electron chi connectivity index (χ3n) is 4.11. The van der Waals surface area contributed by atoms with Crippen molar-refractivity contribution in [2.75, 3.05) is 0 Å². The number of aliphatic hydroxyl groups excluding tert-OH is 1. The molecule has 0 aliphatic rings. The van der Waals surface area contributed by atoms with Crippen LogP contribution in [0.3, 0.4) is 0 Å². The molecule has 0 fully saturated rings. The zero-order chi connectivity index (χ0) is 17.3. The second-order valence-electron chi connectivity index (χ2n) is 5.76. The Hall–Kier alpha value is -1.75. The number of hydrogen-bond donors (Lipinski definition) is 2. The van der Waals surface area contributed by atoms with E-state index >= 15 is 0 Å². The van der Waals surface area contributed by atoms with Crippen LogP contribution in [0.5, 0.6) is 0 Å². The summed E-state index contributed by atoms with van der Waals surface area (Å²) >= 11 is 12.0. The van der Waals surface area contributed by atoms with Crippen molar-refractivity contribution in [3.05, 3.63) is 63.7 Å². The van der Waals surface area contributed by atoms with Crippen molar-refractivity contribution in [3.63, 3.8) is 0 Å². The van der Waals surface area contributed by atoms with Gasteiger partial charge in [0.1, 0.15) is 0 Å². The largest absolute Gasteiger partial charge is 0.387 e. The van der Waals surface area contributed by atoms with Crippen LogP contribution in [0, 0.1) is 5.41 Å². The Morgan fingerprint density at radius 2 is 1.71 bits per heavy atom. The maximum atomic E-state index is 10.6. The lowest BCUT2D eigenvalue weighted by atomic mass is 10.1. The van der Waals surface area contributed by atoms with Crippen molar-refractivity contribution in [3.8, 4) is 0 Å². The van der Waals surface area contributed by atoms with Crippen molar-refractivity contribution < 1.29 is 5.11 Å². The van der Waals surface area contributed by atoms with Gasteiger partial charge >= 0.3 is 0 Å². The second-order valence-corrected chi connectivity index (χ2v) is 6.58. The number of aryl methyl sites for hydroxylation is 1. The van der Waals surface area contributed by atoms with Crippen molar-refractivity contribution in [1.29, 1.82) is 5.41 Å². The van der Waals surface area contributed by atoms with Crippen molar-refractivity contribution >= 4 is 34.2 Å². The first-order valence-corrected chi connectivity index (χ1v) is 8.64. The standard InChI is InChI=1S/C18H19Cl2N3O/c1-2-9-22-15-5-3-4-6-16(15)23(18(22)21)11-17(24)12-7-8-13(19)14(20)10-12/h3-8,10,17,21,24H,2,9,11H2,1H3. The van der Waals surface area contributed by atoms with Gasteiger partial charge in [-0.25, -0.2) is 0 Å². The Morgan fingerprint density at radius 1 is 1.04 bits per heavy atom. The predicted octanol–water partition coefficient (Wildman–Crippen LogP) is 4.37. The number of imidazole rings is 1. The topological polar surface area (TPSA) is 53.9 Å². The number of nitrogens with zero attached hydrogens (tertiary/aromatic N) is 2. The fourth-order valence-electron chi connectivity index (χ4n) is 2.93. The van der Waals surface area contributed by atoms with E-state index in [-0.39, 0.29) is 6.54 Å². The fourth-order valence-corrected chi connectivity index (χ4v) is 3.23. The molecule has 126 valence electrons. The molecule has 6 heteroatoms. The summed E-state index contributed by atoms with van der Waals surface area (Å²) in [5.74, 6) is 0. The number of hydrogen-bond acceptors (Lipinski definition) is 2. The van der Waals surface area contributed by atoms with E-state index in [1.807, 2.05) is 33.4 Å². The molecule has 2 N–H and O–H groups in total. The second kappa shape index (κ2) is 7.01. The summed E-state index contributed by atoms with van der Waals surface area (Å²) < 4.78 is 3.80. The van der Waals surface area contributed by atoms with E-state index in [0.29, 0.717) is 21.2 Å². The van der Waals surface area contributed by atoms with E-state index in [9.17, 15) is 5.11 Å². The Labute approximate surface area is 150 Å². The highest BCUT2D eigenvalue weighted by Crippen LogP contribution is 2.26. The molecule has 2 aromatic carbocycles. The molecule has 0 aliphatic heterocycles. The molecule has 3 rings (SSSR count). The zero-order valence-corrected chi connectivity index (χ0v) is 14.8. The molecule has 4 nitrogen and oxygen atoms in total. The number of aliphatic hydroxyl groups is 1. The van der Waals surface area contributed by atoms with Gasteiger partial charge in [-0.05, 0) is 36.2 Å². The normalized spacial score (nSPS) is 12.7. The van der Waals surface area contributed by atoms with Crippen LogP contribution < -0.4 is 5.62 Å². The Balaban J connectivity index is 2.02. The molecule has 0 saturated heterocycles. The van der Waals surface area contributed by atoms with Crippen LogP contribution in [0.25, 0.3) is 11.0 Å². The fraction of sp³-hybridized carbons (Fsp3) is 0.278. The van der Waals surface area contributed by atoms with E-state index in [4.69, 9.17) is 28.6 Å². The molecule has 1 heterocycles. The third kappa shape index (κ3) is 3.09. The first kappa shape index (κ1) is 17.1. The lowest BCUT2D eigenvalue weighted by Gasteiger charge is -2.13. The average molecular weight is 364 g/mol. The Bertz CT molecular complexity index is 930. The van der Waals surface area contributed by atoms with Crippen molar-refractivity contribution in [1.82, 2.24) is 9.13 Å². The number of fused-ring (bicyclic) bond motifs is 1. The Kier molecular flexibility index (Phi) is 4.99. The zero-order valence-electron chi connectivity index (χ0n) is 13.3. The highest BCUT2D eigenvalue weighted by Gasteiger charge is 2.15. The SMILES string of the molecule is CCCn1c(=N)n(CC(O)c2ccc(Cl)c(Cl)c2)c2ccccc21. The van der Waals surface area contributed by atoms with Crippen LogP contribution in [0.15, 0.2) is 42.5 Å². The van der Waals surface area contributed by atoms with Crippen LogP contribution in [0.4, 0.5) is 0 Å². The first-order valence-electron chi connectivity index (χ1n) is 7.88. The molecule has 0 radical (unpaired) electrons. The summed E-state index contributed by atoms with van der Waals surface area (Å²) in [6, 6.07) is 13.0. The highest BCUT2D eigenvalue weighted by molar-refractivity contribution is 6.42. The molecule has 0 spiro atoms. The molecule has 1 unspecified atom stereocenters. The molecular weight excluding hydrogens is 345 g/mol. The van der Waals surface area contributed by atoms with Gasteiger partial charge in [-0.15, -0.1) is 0 Å². The molecule has 0 saturated carbocycles.